The summed E-state index contributed by atoms with van der Waals surface area (Å²) in [4.78, 5) is 18.9. The molecule has 29 heavy (non-hydrogen) atoms. The third-order valence-electron chi connectivity index (χ3n) is 5.14. The Bertz CT molecular complexity index is 1050. The molecule has 2 aromatic carbocycles. The molecule has 1 amide bonds. The third kappa shape index (κ3) is 4.85. The van der Waals surface area contributed by atoms with Gasteiger partial charge < -0.3 is 4.90 Å². The Morgan fingerprint density at radius 2 is 1.76 bits per heavy atom. The van der Waals surface area contributed by atoms with E-state index in [9.17, 15) is 13.2 Å². The smallest absolute Gasteiger partial charge is 0.252 e. The van der Waals surface area contributed by atoms with Crippen molar-refractivity contribution < 1.29 is 13.2 Å². The highest BCUT2D eigenvalue weighted by atomic mass is 35.5. The number of thioether (sulfide) groups is 1. The number of sulfone groups is 1. The second-order valence-corrected chi connectivity index (χ2v) is 11.3. The van der Waals surface area contributed by atoms with Crippen LogP contribution in [0.3, 0.4) is 0 Å². The van der Waals surface area contributed by atoms with Crippen molar-refractivity contribution in [2.24, 2.45) is 4.99 Å². The van der Waals surface area contributed by atoms with Crippen molar-refractivity contribution in [1.82, 2.24) is 4.90 Å². The van der Waals surface area contributed by atoms with Gasteiger partial charge >= 0.3 is 0 Å². The van der Waals surface area contributed by atoms with Gasteiger partial charge in [-0.3, -0.25) is 4.79 Å². The monoisotopic (exact) mass is 448 g/mol. The lowest BCUT2D eigenvalue weighted by Crippen LogP contribution is -2.37. The second-order valence-electron chi connectivity index (χ2n) is 7.51. The van der Waals surface area contributed by atoms with E-state index in [0.29, 0.717) is 16.7 Å². The van der Waals surface area contributed by atoms with Crippen molar-refractivity contribution in [3.05, 3.63) is 70.2 Å². The highest BCUT2D eigenvalue weighted by molar-refractivity contribution is 8.15. The standard InChI is InChI=1S/C21H21ClN2O3S2/c1-14-2-4-15(5-3-14)10-20(25)23-21-24(11-16-6-8-17(22)9-7-16)18-12-29(26,27)13-19(18)28-21/h2-9,18-19H,10-13H2,1H3/t18-,19+/m1/s1. The molecule has 0 aromatic heterocycles. The zero-order chi connectivity index (χ0) is 20.6. The summed E-state index contributed by atoms with van der Waals surface area (Å²) in [5.74, 6) is 0.00826. The van der Waals surface area contributed by atoms with E-state index in [1.165, 1.54) is 11.8 Å². The van der Waals surface area contributed by atoms with Crippen LogP contribution in [0.1, 0.15) is 16.7 Å². The van der Waals surface area contributed by atoms with Gasteiger partial charge in [0.2, 0.25) is 0 Å². The minimum Gasteiger partial charge on any atom is -0.342 e. The number of aliphatic imine (C=N–C) groups is 1. The van der Waals surface area contributed by atoms with Gasteiger partial charge in [-0.2, -0.15) is 4.99 Å². The lowest BCUT2D eigenvalue weighted by Gasteiger charge is -2.24. The van der Waals surface area contributed by atoms with Crippen molar-refractivity contribution in [2.75, 3.05) is 11.5 Å². The van der Waals surface area contributed by atoms with Crippen LogP contribution in [0, 0.1) is 6.92 Å². The van der Waals surface area contributed by atoms with Crippen LogP contribution in [-0.4, -0.2) is 47.2 Å². The molecule has 2 saturated heterocycles. The Morgan fingerprint density at radius 1 is 1.10 bits per heavy atom. The highest BCUT2D eigenvalue weighted by Gasteiger charge is 2.48. The normalized spacial score (nSPS) is 24.1. The zero-order valence-corrected chi connectivity index (χ0v) is 18.3. The Balaban J connectivity index is 1.56. The molecule has 0 saturated carbocycles. The van der Waals surface area contributed by atoms with Gasteiger partial charge in [-0.1, -0.05) is 65.3 Å². The predicted octanol–water partition coefficient (Wildman–Crippen LogP) is 3.49. The first-order valence-corrected chi connectivity index (χ1v) is 12.4. The molecule has 0 aliphatic carbocycles. The van der Waals surface area contributed by atoms with Crippen molar-refractivity contribution in [2.45, 2.75) is 31.2 Å². The molecule has 0 spiro atoms. The molecule has 152 valence electrons. The van der Waals surface area contributed by atoms with Crippen molar-refractivity contribution in [3.63, 3.8) is 0 Å². The number of hydrogen-bond donors (Lipinski definition) is 0. The molecular formula is C21H21ClN2O3S2. The fourth-order valence-corrected chi connectivity index (χ4v) is 7.73. The lowest BCUT2D eigenvalue weighted by molar-refractivity contribution is -0.117. The van der Waals surface area contributed by atoms with Crippen LogP contribution in [0.2, 0.25) is 5.02 Å². The van der Waals surface area contributed by atoms with Gasteiger partial charge in [-0.05, 0) is 30.2 Å². The summed E-state index contributed by atoms with van der Waals surface area (Å²) in [7, 11) is -3.07. The van der Waals surface area contributed by atoms with E-state index >= 15 is 0 Å². The van der Waals surface area contributed by atoms with E-state index in [0.717, 1.165) is 16.7 Å². The minimum absolute atomic E-state index is 0.0850. The van der Waals surface area contributed by atoms with Crippen LogP contribution >= 0.6 is 23.4 Å². The predicted molar refractivity (Wildman–Crippen MR) is 118 cm³/mol. The summed E-state index contributed by atoms with van der Waals surface area (Å²) in [6, 6.07) is 15.1. The van der Waals surface area contributed by atoms with Gasteiger partial charge in [0.1, 0.15) is 0 Å². The van der Waals surface area contributed by atoms with E-state index in [1.807, 2.05) is 60.4 Å². The maximum absolute atomic E-state index is 12.6. The molecule has 0 N–H and O–H groups in total. The van der Waals surface area contributed by atoms with Crippen LogP contribution in [0.4, 0.5) is 0 Å². The topological polar surface area (TPSA) is 66.8 Å². The van der Waals surface area contributed by atoms with Gasteiger partial charge in [0.25, 0.3) is 5.91 Å². The SMILES string of the molecule is Cc1ccc(CC(=O)N=C2S[C@H]3CS(=O)(=O)C[C@H]3N2Cc2ccc(Cl)cc2)cc1. The number of nitrogens with zero attached hydrogens (tertiary/aromatic N) is 2. The number of halogens is 1. The molecule has 2 aliphatic heterocycles. The van der Waals surface area contributed by atoms with Crippen LogP contribution in [0.15, 0.2) is 53.5 Å². The van der Waals surface area contributed by atoms with E-state index in [1.54, 1.807) is 0 Å². The second kappa shape index (κ2) is 8.13. The summed E-state index contributed by atoms with van der Waals surface area (Å²) in [5.41, 5.74) is 3.06. The van der Waals surface area contributed by atoms with Crippen LogP contribution in [0.5, 0.6) is 0 Å². The van der Waals surface area contributed by atoms with E-state index in [-0.39, 0.29) is 35.1 Å². The van der Waals surface area contributed by atoms with Gasteiger partial charge in [0, 0.05) is 16.8 Å². The number of amidine groups is 1. The number of aryl methyl sites for hydroxylation is 1. The number of benzene rings is 2. The summed E-state index contributed by atoms with van der Waals surface area (Å²) in [5, 5.41) is 1.17. The first-order chi connectivity index (χ1) is 13.8. The molecule has 2 fully saturated rings. The van der Waals surface area contributed by atoms with Gasteiger partial charge in [0.05, 0.1) is 24.0 Å². The molecule has 2 heterocycles. The lowest BCUT2D eigenvalue weighted by atomic mass is 10.1. The first-order valence-electron chi connectivity index (χ1n) is 9.34. The average molecular weight is 449 g/mol. The number of amides is 1. The van der Waals surface area contributed by atoms with Gasteiger partial charge in [-0.25, -0.2) is 8.42 Å². The van der Waals surface area contributed by atoms with E-state index < -0.39 is 9.84 Å². The molecule has 0 unspecified atom stereocenters. The van der Waals surface area contributed by atoms with Crippen molar-refractivity contribution in [3.8, 4) is 0 Å². The number of fused-ring (bicyclic) bond motifs is 1. The minimum atomic E-state index is -3.07. The number of carbonyl (C=O) groups excluding carboxylic acids is 1. The maximum Gasteiger partial charge on any atom is 0.252 e. The molecule has 8 heteroatoms. The number of hydrogen-bond acceptors (Lipinski definition) is 4. The molecule has 0 radical (unpaired) electrons. The molecule has 2 aromatic rings. The highest BCUT2D eigenvalue weighted by Crippen LogP contribution is 2.39. The van der Waals surface area contributed by atoms with Gasteiger partial charge in [0.15, 0.2) is 15.0 Å². The summed E-state index contributed by atoms with van der Waals surface area (Å²) in [6.45, 7) is 2.50. The quantitative estimate of drug-likeness (QED) is 0.716. The largest absolute Gasteiger partial charge is 0.342 e. The fraction of sp³-hybridized carbons (Fsp3) is 0.333. The first kappa shape index (κ1) is 20.4. The fourth-order valence-electron chi connectivity index (χ4n) is 3.63. The van der Waals surface area contributed by atoms with Crippen LogP contribution in [0.25, 0.3) is 0 Å². The zero-order valence-electron chi connectivity index (χ0n) is 15.9. The van der Waals surface area contributed by atoms with Gasteiger partial charge in [-0.15, -0.1) is 0 Å². The summed E-state index contributed by atoms with van der Waals surface area (Å²) < 4.78 is 24.2. The van der Waals surface area contributed by atoms with E-state index in [4.69, 9.17) is 11.6 Å². The Morgan fingerprint density at radius 3 is 2.45 bits per heavy atom. The average Bonchev–Trinajstić information content (AvgIpc) is 3.11. The molecule has 2 aliphatic rings. The van der Waals surface area contributed by atoms with Crippen molar-refractivity contribution in [1.29, 1.82) is 0 Å². The Kier molecular flexibility index (Phi) is 5.73. The van der Waals surface area contributed by atoms with Crippen LogP contribution < -0.4 is 0 Å². The molecule has 2 atom stereocenters. The third-order valence-corrected chi connectivity index (χ3v) is 8.64. The number of carbonyl (C=O) groups is 1. The summed E-state index contributed by atoms with van der Waals surface area (Å²) in [6.07, 6.45) is 0.229. The molecule has 4 rings (SSSR count). The Hall–Kier alpha value is -1.83. The summed E-state index contributed by atoms with van der Waals surface area (Å²) >= 11 is 7.38. The molecule has 0 bridgehead atoms. The van der Waals surface area contributed by atoms with E-state index in [2.05, 4.69) is 4.99 Å². The molecule has 5 nitrogen and oxygen atoms in total. The maximum atomic E-state index is 12.6. The van der Waals surface area contributed by atoms with Crippen LogP contribution in [-0.2, 0) is 27.6 Å². The Labute approximate surface area is 180 Å². The molecular weight excluding hydrogens is 428 g/mol. The van der Waals surface area contributed by atoms with Crippen molar-refractivity contribution >= 4 is 44.3 Å². The number of rotatable bonds is 4.